The molecule has 0 aliphatic carbocycles. The first-order valence-corrected chi connectivity index (χ1v) is 8.55. The predicted octanol–water partition coefficient (Wildman–Crippen LogP) is 5.73. The number of aryl methyl sites for hydroxylation is 3. The van der Waals surface area contributed by atoms with Crippen LogP contribution in [0, 0.1) is 6.92 Å². The molecule has 0 N–H and O–H groups in total. The van der Waals surface area contributed by atoms with Crippen LogP contribution in [0.1, 0.15) is 68.7 Å². The third kappa shape index (κ3) is 3.52. The van der Waals surface area contributed by atoms with Crippen molar-refractivity contribution in [2.75, 3.05) is 0 Å². The van der Waals surface area contributed by atoms with Crippen LogP contribution in [0.25, 0.3) is 16.8 Å². The highest BCUT2D eigenvalue weighted by Crippen LogP contribution is 2.30. The fourth-order valence-corrected chi connectivity index (χ4v) is 2.93. The molecule has 0 aliphatic heterocycles. The Morgan fingerprint density at radius 2 is 1.83 bits per heavy atom. The quantitative estimate of drug-likeness (QED) is 0.704. The maximum absolute atomic E-state index is 4.96. The van der Waals surface area contributed by atoms with Crippen LogP contribution >= 0.6 is 0 Å². The Hall–Kier alpha value is -1.96. The van der Waals surface area contributed by atoms with E-state index in [9.17, 15) is 0 Å². The highest BCUT2D eigenvalue weighted by atomic mass is 14.8. The summed E-state index contributed by atoms with van der Waals surface area (Å²) in [6.45, 7) is 16.9. The molecule has 0 atom stereocenters. The van der Waals surface area contributed by atoms with Gasteiger partial charge in [0.05, 0.1) is 11.4 Å². The van der Waals surface area contributed by atoms with Gasteiger partial charge in [0.15, 0.2) is 0 Å². The van der Waals surface area contributed by atoms with E-state index in [4.69, 9.17) is 9.97 Å². The third-order valence-corrected chi connectivity index (χ3v) is 4.25. The largest absolute Gasteiger partial charge is 0.257 e. The van der Waals surface area contributed by atoms with Crippen molar-refractivity contribution in [3.63, 3.8) is 0 Å². The van der Waals surface area contributed by atoms with Crippen LogP contribution < -0.4 is 0 Å². The summed E-state index contributed by atoms with van der Waals surface area (Å²) < 4.78 is 0. The lowest BCUT2D eigenvalue weighted by molar-refractivity contribution is 0.807. The predicted molar refractivity (Wildman–Crippen MR) is 99.8 cm³/mol. The van der Waals surface area contributed by atoms with Gasteiger partial charge in [0.2, 0.25) is 0 Å². The number of nitrogens with zero attached hydrogens (tertiary/aromatic N) is 2. The number of allylic oxidation sites excluding steroid dienone is 1. The molecule has 23 heavy (non-hydrogen) atoms. The lowest BCUT2D eigenvalue weighted by Crippen LogP contribution is -2.04. The molecule has 2 nitrogen and oxygen atoms in total. The molecule has 0 aliphatic rings. The van der Waals surface area contributed by atoms with Crippen LogP contribution in [0.2, 0.25) is 0 Å². The minimum atomic E-state index is 0.442. The first-order valence-electron chi connectivity index (χ1n) is 8.55. The summed E-state index contributed by atoms with van der Waals surface area (Å²) in [6, 6.07) is 6.59. The van der Waals surface area contributed by atoms with E-state index in [-0.39, 0.29) is 0 Å². The van der Waals surface area contributed by atoms with Crippen molar-refractivity contribution < 1.29 is 0 Å². The standard InChI is InChI=1S/C21H28N2/c1-8-16-12-15(7)20(14(5)6)23-21(16)17-10-11-19(13(3)4)22-18(17)9-2/h10-13H,5,8-9H2,1-4,6-7H3. The minimum Gasteiger partial charge on any atom is -0.257 e. The van der Waals surface area contributed by atoms with Gasteiger partial charge in [-0.3, -0.25) is 4.98 Å². The van der Waals surface area contributed by atoms with Gasteiger partial charge in [-0.25, -0.2) is 4.98 Å². The van der Waals surface area contributed by atoms with Gasteiger partial charge in [-0.05, 0) is 61.4 Å². The summed E-state index contributed by atoms with van der Waals surface area (Å²) in [4.78, 5) is 9.83. The molecule has 0 radical (unpaired) electrons. The highest BCUT2D eigenvalue weighted by molar-refractivity contribution is 5.71. The average molecular weight is 308 g/mol. The Labute approximate surface area is 140 Å². The minimum absolute atomic E-state index is 0.442. The average Bonchev–Trinajstić information content (AvgIpc) is 2.53. The highest BCUT2D eigenvalue weighted by Gasteiger charge is 2.15. The van der Waals surface area contributed by atoms with E-state index >= 15 is 0 Å². The van der Waals surface area contributed by atoms with Gasteiger partial charge >= 0.3 is 0 Å². The molecule has 2 heterocycles. The molecule has 0 amide bonds. The summed E-state index contributed by atoms with van der Waals surface area (Å²) in [6.07, 6.45) is 1.88. The third-order valence-electron chi connectivity index (χ3n) is 4.25. The van der Waals surface area contributed by atoms with Gasteiger partial charge in [0, 0.05) is 17.0 Å². The molecule has 0 unspecified atom stereocenters. The van der Waals surface area contributed by atoms with E-state index in [0.29, 0.717) is 5.92 Å². The van der Waals surface area contributed by atoms with Gasteiger partial charge in [0.25, 0.3) is 0 Å². The molecule has 0 saturated heterocycles. The van der Waals surface area contributed by atoms with E-state index in [1.165, 1.54) is 11.1 Å². The van der Waals surface area contributed by atoms with Crippen LogP contribution in [0.15, 0.2) is 24.8 Å². The van der Waals surface area contributed by atoms with Gasteiger partial charge < -0.3 is 0 Å². The van der Waals surface area contributed by atoms with Crippen molar-refractivity contribution in [2.24, 2.45) is 0 Å². The zero-order valence-corrected chi connectivity index (χ0v) is 15.3. The molecule has 2 rings (SSSR count). The molecule has 0 saturated carbocycles. The van der Waals surface area contributed by atoms with Crippen LogP contribution in [0.4, 0.5) is 0 Å². The molecule has 0 spiro atoms. The molecule has 122 valence electrons. The Kier molecular flexibility index (Phi) is 5.35. The van der Waals surface area contributed by atoms with Crippen molar-refractivity contribution in [2.45, 2.75) is 60.3 Å². The number of aromatic nitrogens is 2. The van der Waals surface area contributed by atoms with Crippen molar-refractivity contribution in [3.05, 3.63) is 53.0 Å². The van der Waals surface area contributed by atoms with Gasteiger partial charge in [-0.15, -0.1) is 0 Å². The van der Waals surface area contributed by atoms with E-state index in [2.05, 4.69) is 59.4 Å². The Bertz CT molecular complexity index is 727. The Morgan fingerprint density at radius 1 is 1.13 bits per heavy atom. The van der Waals surface area contributed by atoms with Crippen LogP contribution in [0.3, 0.4) is 0 Å². The number of hydrogen-bond acceptors (Lipinski definition) is 2. The summed E-state index contributed by atoms with van der Waals surface area (Å²) in [5.41, 5.74) is 9.01. The van der Waals surface area contributed by atoms with Crippen molar-refractivity contribution in [3.8, 4) is 11.3 Å². The van der Waals surface area contributed by atoms with Gasteiger partial charge in [-0.2, -0.15) is 0 Å². The smallest absolute Gasteiger partial charge is 0.0759 e. The maximum atomic E-state index is 4.96. The molecule has 2 aromatic rings. The van der Waals surface area contributed by atoms with Crippen LogP contribution in [-0.2, 0) is 12.8 Å². The maximum Gasteiger partial charge on any atom is 0.0759 e. The lowest BCUT2D eigenvalue weighted by Gasteiger charge is -2.16. The SMILES string of the molecule is C=C(C)c1nc(-c2ccc(C(C)C)nc2CC)c(CC)cc1C. The number of pyridine rings is 2. The van der Waals surface area contributed by atoms with Gasteiger partial charge in [-0.1, -0.05) is 40.3 Å². The first kappa shape index (κ1) is 17.4. The Balaban J connectivity index is 2.70. The van der Waals surface area contributed by atoms with E-state index in [1.807, 2.05) is 6.92 Å². The first-order chi connectivity index (χ1) is 10.9. The van der Waals surface area contributed by atoms with Gasteiger partial charge in [0.1, 0.15) is 0 Å². The molecule has 2 heteroatoms. The molecule has 0 aromatic carbocycles. The zero-order valence-electron chi connectivity index (χ0n) is 15.3. The fraction of sp³-hybridized carbons (Fsp3) is 0.429. The molecule has 0 bridgehead atoms. The summed E-state index contributed by atoms with van der Waals surface area (Å²) in [7, 11) is 0. The molecular weight excluding hydrogens is 280 g/mol. The summed E-state index contributed by atoms with van der Waals surface area (Å²) in [5, 5.41) is 0. The fourth-order valence-electron chi connectivity index (χ4n) is 2.93. The van der Waals surface area contributed by atoms with E-state index < -0.39 is 0 Å². The number of rotatable bonds is 5. The topological polar surface area (TPSA) is 25.8 Å². The van der Waals surface area contributed by atoms with Crippen LogP contribution in [0.5, 0.6) is 0 Å². The van der Waals surface area contributed by atoms with Crippen molar-refractivity contribution >= 4 is 5.57 Å². The molecule has 2 aromatic heterocycles. The van der Waals surface area contributed by atoms with Crippen molar-refractivity contribution in [1.82, 2.24) is 9.97 Å². The zero-order chi connectivity index (χ0) is 17.1. The molecular formula is C21H28N2. The second-order valence-electron chi connectivity index (χ2n) is 6.53. The normalized spacial score (nSPS) is 11.1. The second kappa shape index (κ2) is 7.08. The monoisotopic (exact) mass is 308 g/mol. The lowest BCUT2D eigenvalue weighted by atomic mass is 9.96. The molecule has 0 fully saturated rings. The summed E-state index contributed by atoms with van der Waals surface area (Å²) in [5.74, 6) is 0.442. The van der Waals surface area contributed by atoms with Crippen molar-refractivity contribution in [1.29, 1.82) is 0 Å². The summed E-state index contributed by atoms with van der Waals surface area (Å²) >= 11 is 0. The Morgan fingerprint density at radius 3 is 2.35 bits per heavy atom. The number of hydrogen-bond donors (Lipinski definition) is 0. The second-order valence-corrected chi connectivity index (χ2v) is 6.53. The van der Waals surface area contributed by atoms with E-state index in [0.717, 1.165) is 46.8 Å². The van der Waals surface area contributed by atoms with E-state index in [1.54, 1.807) is 0 Å². The van der Waals surface area contributed by atoms with Crippen LogP contribution in [-0.4, -0.2) is 9.97 Å².